The lowest BCUT2D eigenvalue weighted by molar-refractivity contribution is -0.136. The Kier molecular flexibility index (Phi) is 4.78. The Labute approximate surface area is 148 Å². The summed E-state index contributed by atoms with van der Waals surface area (Å²) in [6.45, 7) is 4.58. The topological polar surface area (TPSA) is 67.2 Å². The zero-order valence-corrected chi connectivity index (χ0v) is 15.0. The molecule has 5 nitrogen and oxygen atoms in total. The molecule has 0 aliphatic rings. The van der Waals surface area contributed by atoms with Crippen molar-refractivity contribution in [2.45, 2.75) is 26.3 Å². The van der Waals surface area contributed by atoms with Crippen LogP contribution in [-0.2, 0) is 4.79 Å². The van der Waals surface area contributed by atoms with Crippen molar-refractivity contribution < 1.29 is 9.90 Å². The van der Waals surface area contributed by atoms with Crippen molar-refractivity contribution in [1.82, 2.24) is 9.78 Å². The molecule has 0 atom stereocenters. The van der Waals surface area contributed by atoms with Crippen molar-refractivity contribution in [1.29, 1.82) is 0 Å². The van der Waals surface area contributed by atoms with Gasteiger partial charge >= 0.3 is 5.97 Å². The summed E-state index contributed by atoms with van der Waals surface area (Å²) in [6.07, 6.45) is 0.0800. The van der Waals surface area contributed by atoms with Gasteiger partial charge in [0, 0.05) is 23.7 Å². The van der Waals surface area contributed by atoms with Crippen molar-refractivity contribution >= 4 is 45.5 Å². The number of aromatic nitrogens is 2. The Morgan fingerprint density at radius 3 is 2.79 bits per heavy atom. The van der Waals surface area contributed by atoms with Crippen LogP contribution in [-0.4, -0.2) is 27.4 Å². The molecule has 0 radical (unpaired) electrons. The first-order valence-corrected chi connectivity index (χ1v) is 8.89. The third kappa shape index (κ3) is 3.39. The maximum Gasteiger partial charge on any atom is 0.305 e. The smallest absolute Gasteiger partial charge is 0.305 e. The molecule has 0 spiro atoms. The van der Waals surface area contributed by atoms with Crippen molar-refractivity contribution in [3.63, 3.8) is 0 Å². The number of benzene rings is 1. The second-order valence-electron chi connectivity index (χ2n) is 5.79. The van der Waals surface area contributed by atoms with E-state index in [2.05, 4.69) is 19.2 Å². The largest absolute Gasteiger partial charge is 0.481 e. The number of carboxylic acids is 1. The third-order valence-electron chi connectivity index (χ3n) is 3.67. The fraction of sp³-hybridized carbons (Fsp3) is 0.294. The lowest BCUT2D eigenvalue weighted by Gasteiger charge is -2.08. The van der Waals surface area contributed by atoms with Crippen LogP contribution in [0.1, 0.15) is 26.3 Å². The third-order valence-corrected chi connectivity index (χ3v) is 4.91. The number of thiophene rings is 1. The number of carboxylic acid groups (broad SMARTS) is 1. The van der Waals surface area contributed by atoms with Crippen LogP contribution in [0.25, 0.3) is 21.5 Å². The molecule has 0 fully saturated rings. The van der Waals surface area contributed by atoms with Gasteiger partial charge in [-0.05, 0) is 44.2 Å². The van der Waals surface area contributed by atoms with Gasteiger partial charge in [0.05, 0.1) is 21.2 Å². The molecular weight excluding hydrogens is 346 g/mol. The number of hydrogen-bond donors (Lipinski definition) is 2. The molecular formula is C17H18ClN3O2S. The highest BCUT2D eigenvalue weighted by Crippen LogP contribution is 2.36. The van der Waals surface area contributed by atoms with E-state index in [0.717, 1.165) is 31.5 Å². The van der Waals surface area contributed by atoms with E-state index in [1.165, 1.54) is 11.3 Å². The number of anilines is 1. The fourth-order valence-electron chi connectivity index (χ4n) is 2.58. The summed E-state index contributed by atoms with van der Waals surface area (Å²) in [6, 6.07) is 10.1. The number of fused-ring (bicyclic) bond motifs is 1. The minimum Gasteiger partial charge on any atom is -0.481 e. The fourth-order valence-corrected chi connectivity index (χ4v) is 3.62. The van der Waals surface area contributed by atoms with Gasteiger partial charge in [0.25, 0.3) is 0 Å². The molecule has 0 aliphatic carbocycles. The maximum absolute atomic E-state index is 10.7. The van der Waals surface area contributed by atoms with Crippen molar-refractivity contribution in [3.8, 4) is 10.6 Å². The summed E-state index contributed by atoms with van der Waals surface area (Å²) in [4.78, 5) is 11.7. The van der Waals surface area contributed by atoms with Crippen LogP contribution >= 0.6 is 22.9 Å². The normalized spacial score (nSPS) is 11.3. The molecule has 0 aliphatic heterocycles. The summed E-state index contributed by atoms with van der Waals surface area (Å²) < 4.78 is 2.73. The molecule has 3 rings (SSSR count). The highest BCUT2D eigenvalue weighted by Gasteiger charge is 2.16. The predicted molar refractivity (Wildman–Crippen MR) is 99.2 cm³/mol. The minimum absolute atomic E-state index is 0.0800. The average molecular weight is 364 g/mol. The van der Waals surface area contributed by atoms with Crippen LogP contribution in [0.5, 0.6) is 0 Å². The Morgan fingerprint density at radius 1 is 1.38 bits per heavy atom. The molecule has 0 unspecified atom stereocenters. The molecule has 126 valence electrons. The van der Waals surface area contributed by atoms with Crippen molar-refractivity contribution in [2.75, 3.05) is 11.9 Å². The van der Waals surface area contributed by atoms with Crippen LogP contribution < -0.4 is 5.32 Å². The van der Waals surface area contributed by atoms with E-state index in [4.69, 9.17) is 21.8 Å². The molecule has 2 aromatic heterocycles. The Balaban J connectivity index is 2.04. The van der Waals surface area contributed by atoms with E-state index < -0.39 is 5.97 Å². The van der Waals surface area contributed by atoms with E-state index in [0.29, 0.717) is 6.54 Å². The van der Waals surface area contributed by atoms with Gasteiger partial charge in [-0.25, -0.2) is 0 Å². The van der Waals surface area contributed by atoms with Crippen LogP contribution in [0, 0.1) is 0 Å². The summed E-state index contributed by atoms with van der Waals surface area (Å²) in [7, 11) is 0. The first-order valence-electron chi connectivity index (χ1n) is 7.69. The first-order chi connectivity index (χ1) is 11.5. The highest BCUT2D eigenvalue weighted by molar-refractivity contribution is 7.19. The lowest BCUT2D eigenvalue weighted by Crippen LogP contribution is -2.07. The molecule has 1 aromatic carbocycles. The summed E-state index contributed by atoms with van der Waals surface area (Å²) in [5.41, 5.74) is 2.83. The Bertz CT molecular complexity index is 885. The molecule has 0 saturated carbocycles. The van der Waals surface area contributed by atoms with E-state index in [1.54, 1.807) is 0 Å². The number of nitrogens with zero attached hydrogens (tertiary/aromatic N) is 2. The van der Waals surface area contributed by atoms with Crippen LogP contribution in [0.3, 0.4) is 0 Å². The Morgan fingerprint density at radius 2 is 2.17 bits per heavy atom. The summed E-state index contributed by atoms with van der Waals surface area (Å²) in [5.74, 6) is -0.815. The second kappa shape index (κ2) is 6.83. The number of carbonyl (C=O) groups is 1. The summed E-state index contributed by atoms with van der Waals surface area (Å²) >= 11 is 7.58. The molecule has 2 N–H and O–H groups in total. The molecule has 0 saturated heterocycles. The van der Waals surface area contributed by atoms with E-state index >= 15 is 0 Å². The predicted octanol–water partition coefficient (Wildman–Crippen LogP) is 4.89. The lowest BCUT2D eigenvalue weighted by atomic mass is 10.1. The van der Waals surface area contributed by atoms with Gasteiger partial charge in [-0.1, -0.05) is 11.6 Å². The van der Waals surface area contributed by atoms with E-state index in [-0.39, 0.29) is 12.5 Å². The van der Waals surface area contributed by atoms with Gasteiger partial charge in [-0.3, -0.25) is 9.48 Å². The number of halogens is 1. The van der Waals surface area contributed by atoms with Crippen LogP contribution in [0.2, 0.25) is 4.34 Å². The number of nitrogens with one attached hydrogen (secondary N) is 1. The molecule has 0 amide bonds. The minimum atomic E-state index is -0.815. The number of rotatable bonds is 6. The molecule has 3 aromatic rings. The van der Waals surface area contributed by atoms with Gasteiger partial charge in [0.1, 0.15) is 5.69 Å². The van der Waals surface area contributed by atoms with Crippen LogP contribution in [0.15, 0.2) is 30.3 Å². The maximum atomic E-state index is 10.7. The molecule has 0 bridgehead atoms. The zero-order valence-electron chi connectivity index (χ0n) is 13.4. The zero-order chi connectivity index (χ0) is 17.3. The highest BCUT2D eigenvalue weighted by atomic mass is 35.5. The SMILES string of the molecule is CC(C)n1nc(-c2ccc(Cl)s2)c2cc(NCCC(=O)O)ccc21. The molecule has 24 heavy (non-hydrogen) atoms. The second-order valence-corrected chi connectivity index (χ2v) is 7.51. The standard InChI is InChI=1S/C17H18ClN3O2S/c1-10(2)21-13-4-3-11(19-8-7-16(22)23)9-12(13)17(20-21)14-5-6-15(18)24-14/h3-6,9-10,19H,7-8H2,1-2H3,(H,22,23). The monoisotopic (exact) mass is 363 g/mol. The first kappa shape index (κ1) is 16.8. The van der Waals surface area contributed by atoms with Gasteiger partial charge < -0.3 is 10.4 Å². The van der Waals surface area contributed by atoms with Crippen LogP contribution in [0.4, 0.5) is 5.69 Å². The van der Waals surface area contributed by atoms with Gasteiger partial charge in [-0.2, -0.15) is 5.10 Å². The van der Waals surface area contributed by atoms with Crippen molar-refractivity contribution in [2.24, 2.45) is 0 Å². The van der Waals surface area contributed by atoms with Gasteiger partial charge in [-0.15, -0.1) is 11.3 Å². The number of hydrogen-bond acceptors (Lipinski definition) is 4. The van der Waals surface area contributed by atoms with Crippen molar-refractivity contribution in [3.05, 3.63) is 34.7 Å². The number of aliphatic carboxylic acids is 1. The Hall–Kier alpha value is -2.05. The van der Waals surface area contributed by atoms with Gasteiger partial charge in [0.2, 0.25) is 0 Å². The molecule has 7 heteroatoms. The molecule has 2 heterocycles. The van der Waals surface area contributed by atoms with Gasteiger partial charge in [0.15, 0.2) is 0 Å². The summed E-state index contributed by atoms with van der Waals surface area (Å²) in [5, 5.41) is 17.7. The quantitative estimate of drug-likeness (QED) is 0.654. The average Bonchev–Trinajstić information content (AvgIpc) is 3.10. The van der Waals surface area contributed by atoms with E-state index in [9.17, 15) is 4.79 Å². The van der Waals surface area contributed by atoms with E-state index in [1.807, 2.05) is 35.0 Å².